The Hall–Kier alpha value is -1.65. The quantitative estimate of drug-likeness (QED) is 0.435. The zero-order valence-corrected chi connectivity index (χ0v) is 12.4. The van der Waals surface area contributed by atoms with Crippen LogP contribution in [0, 0.1) is 0 Å². The molecular weight excluding hydrogens is 248 g/mol. The first-order valence-electron chi connectivity index (χ1n) is 6.10. The molecule has 5 heteroatoms. The number of carbonyl (C=O) groups is 3. The maximum atomic E-state index is 12.2. The lowest BCUT2D eigenvalue weighted by Gasteiger charge is -2.31. The van der Waals surface area contributed by atoms with Crippen molar-refractivity contribution < 1.29 is 23.9 Å². The second-order valence-electron chi connectivity index (χ2n) is 5.25. The van der Waals surface area contributed by atoms with Gasteiger partial charge in [-0.05, 0) is 34.6 Å². The van der Waals surface area contributed by atoms with E-state index in [0.29, 0.717) is 0 Å². The van der Waals surface area contributed by atoms with Gasteiger partial charge in [0.1, 0.15) is 5.60 Å². The second kappa shape index (κ2) is 6.50. The summed E-state index contributed by atoms with van der Waals surface area (Å²) < 4.78 is 10.2. The monoisotopic (exact) mass is 270 g/mol. The summed E-state index contributed by atoms with van der Waals surface area (Å²) in [5.41, 5.74) is -2.67. The molecule has 0 spiro atoms. The topological polar surface area (TPSA) is 69.7 Å². The minimum absolute atomic E-state index is 0.0344. The van der Waals surface area contributed by atoms with Crippen LogP contribution in [-0.4, -0.2) is 28.9 Å². The fraction of sp³-hybridized carbons (Fsp3) is 0.643. The summed E-state index contributed by atoms with van der Waals surface area (Å²) in [6.45, 7) is 9.14. The van der Waals surface area contributed by atoms with E-state index in [1.54, 1.807) is 39.8 Å². The van der Waals surface area contributed by atoms with Crippen molar-refractivity contribution in [2.45, 2.75) is 59.2 Å². The summed E-state index contributed by atoms with van der Waals surface area (Å²) in [7, 11) is 0. The molecule has 0 heterocycles. The lowest BCUT2D eigenvalue weighted by atomic mass is 9.94. The highest BCUT2D eigenvalue weighted by Crippen LogP contribution is 2.24. The van der Waals surface area contributed by atoms with Crippen LogP contribution in [0.25, 0.3) is 0 Å². The highest BCUT2D eigenvalue weighted by atomic mass is 16.6. The highest BCUT2D eigenvalue weighted by molar-refractivity contribution is 6.07. The molecule has 0 N–H and O–H groups in total. The fourth-order valence-corrected chi connectivity index (χ4v) is 1.42. The molecular formula is C14H22O5. The molecule has 0 amide bonds. The van der Waals surface area contributed by atoms with Crippen LogP contribution >= 0.6 is 0 Å². The van der Waals surface area contributed by atoms with Gasteiger partial charge in [0.2, 0.25) is 0 Å². The number of rotatable bonds is 5. The molecule has 5 nitrogen and oxygen atoms in total. The first-order chi connectivity index (χ1) is 8.55. The number of carbonyl (C=O) groups excluding carboxylic acids is 3. The standard InChI is InChI=1S/C14H22O5/c1-7-8-9-14(10(2)15,18-11(3)16)12(17)19-13(4,5)6/h7-8H,9H2,1-6H3/b8-7+. The van der Waals surface area contributed by atoms with E-state index in [1.165, 1.54) is 6.92 Å². The summed E-state index contributed by atoms with van der Waals surface area (Å²) >= 11 is 0. The third-order valence-electron chi connectivity index (χ3n) is 2.26. The van der Waals surface area contributed by atoms with Gasteiger partial charge in [0.05, 0.1) is 0 Å². The Morgan fingerprint density at radius 1 is 1.05 bits per heavy atom. The van der Waals surface area contributed by atoms with Gasteiger partial charge in [-0.15, -0.1) is 0 Å². The van der Waals surface area contributed by atoms with Crippen LogP contribution in [-0.2, 0) is 23.9 Å². The number of ketones is 1. The Bertz CT molecular complexity index is 389. The Kier molecular flexibility index (Phi) is 5.93. The molecule has 0 rings (SSSR count). The van der Waals surface area contributed by atoms with Crippen LogP contribution in [0.2, 0.25) is 0 Å². The van der Waals surface area contributed by atoms with E-state index in [9.17, 15) is 14.4 Å². The third-order valence-corrected chi connectivity index (χ3v) is 2.26. The molecule has 0 radical (unpaired) electrons. The summed E-state index contributed by atoms with van der Waals surface area (Å²) in [6, 6.07) is 0. The molecule has 0 aliphatic heterocycles. The molecule has 0 saturated carbocycles. The van der Waals surface area contributed by atoms with Crippen molar-refractivity contribution >= 4 is 17.7 Å². The number of ether oxygens (including phenoxy) is 2. The molecule has 0 aromatic heterocycles. The summed E-state index contributed by atoms with van der Waals surface area (Å²) in [6.07, 6.45) is 3.23. The molecule has 0 aliphatic rings. The van der Waals surface area contributed by atoms with Gasteiger partial charge < -0.3 is 9.47 Å². The molecule has 0 aromatic carbocycles. The average molecular weight is 270 g/mol. The smallest absolute Gasteiger partial charge is 0.359 e. The molecule has 0 saturated heterocycles. The fourth-order valence-electron chi connectivity index (χ4n) is 1.42. The predicted octanol–water partition coefficient (Wildman–Crippen LogP) is 2.19. The number of esters is 2. The maximum absolute atomic E-state index is 12.2. The summed E-state index contributed by atoms with van der Waals surface area (Å²) in [5.74, 6) is -2.11. The van der Waals surface area contributed by atoms with E-state index in [4.69, 9.17) is 9.47 Å². The third kappa shape index (κ3) is 5.24. The van der Waals surface area contributed by atoms with Crippen molar-refractivity contribution in [3.8, 4) is 0 Å². The van der Waals surface area contributed by atoms with Crippen molar-refractivity contribution in [3.05, 3.63) is 12.2 Å². The normalized spacial score (nSPS) is 14.8. The van der Waals surface area contributed by atoms with Crippen LogP contribution in [0.15, 0.2) is 12.2 Å². The van der Waals surface area contributed by atoms with Crippen LogP contribution in [0.3, 0.4) is 0 Å². The van der Waals surface area contributed by atoms with Gasteiger partial charge in [0.15, 0.2) is 5.78 Å². The molecule has 0 aromatic rings. The largest absolute Gasteiger partial charge is 0.457 e. The van der Waals surface area contributed by atoms with Gasteiger partial charge in [0, 0.05) is 13.3 Å². The van der Waals surface area contributed by atoms with Gasteiger partial charge in [-0.1, -0.05) is 12.2 Å². The second-order valence-corrected chi connectivity index (χ2v) is 5.25. The number of hydrogen-bond donors (Lipinski definition) is 0. The number of hydrogen-bond acceptors (Lipinski definition) is 5. The van der Waals surface area contributed by atoms with Crippen molar-refractivity contribution in [1.29, 1.82) is 0 Å². The Morgan fingerprint density at radius 2 is 1.58 bits per heavy atom. The van der Waals surface area contributed by atoms with E-state index in [-0.39, 0.29) is 6.42 Å². The van der Waals surface area contributed by atoms with Gasteiger partial charge >= 0.3 is 11.9 Å². The molecule has 1 unspecified atom stereocenters. The Morgan fingerprint density at radius 3 is 1.89 bits per heavy atom. The van der Waals surface area contributed by atoms with Crippen LogP contribution in [0.4, 0.5) is 0 Å². The lowest BCUT2D eigenvalue weighted by molar-refractivity contribution is -0.191. The highest BCUT2D eigenvalue weighted by Gasteiger charge is 2.48. The van der Waals surface area contributed by atoms with Crippen molar-refractivity contribution in [2.75, 3.05) is 0 Å². The molecule has 108 valence electrons. The SMILES string of the molecule is C/C=C/CC(OC(C)=O)(C(C)=O)C(=O)OC(C)(C)C. The van der Waals surface area contributed by atoms with Gasteiger partial charge in [-0.3, -0.25) is 9.59 Å². The number of Topliss-reactive ketones (excluding diaryl/α,β-unsaturated/α-hetero) is 1. The zero-order chi connectivity index (χ0) is 15.3. The van der Waals surface area contributed by atoms with Crippen molar-refractivity contribution in [3.63, 3.8) is 0 Å². The van der Waals surface area contributed by atoms with E-state index < -0.39 is 28.9 Å². The van der Waals surface area contributed by atoms with E-state index in [1.807, 2.05) is 0 Å². The zero-order valence-electron chi connectivity index (χ0n) is 12.4. The Labute approximate surface area is 114 Å². The molecule has 0 fully saturated rings. The van der Waals surface area contributed by atoms with Gasteiger partial charge in [-0.25, -0.2) is 4.79 Å². The van der Waals surface area contributed by atoms with Gasteiger partial charge in [0.25, 0.3) is 5.60 Å². The van der Waals surface area contributed by atoms with Crippen LogP contribution in [0.5, 0.6) is 0 Å². The predicted molar refractivity (Wildman–Crippen MR) is 70.5 cm³/mol. The number of allylic oxidation sites excluding steroid dienone is 1. The molecule has 1 atom stereocenters. The summed E-state index contributed by atoms with van der Waals surface area (Å²) in [4.78, 5) is 35.2. The first-order valence-corrected chi connectivity index (χ1v) is 6.10. The van der Waals surface area contributed by atoms with E-state index in [2.05, 4.69) is 0 Å². The van der Waals surface area contributed by atoms with Crippen molar-refractivity contribution in [1.82, 2.24) is 0 Å². The first kappa shape index (κ1) is 17.4. The van der Waals surface area contributed by atoms with Crippen LogP contribution in [0.1, 0.15) is 48.0 Å². The molecule has 0 bridgehead atoms. The van der Waals surface area contributed by atoms with Crippen molar-refractivity contribution in [2.24, 2.45) is 0 Å². The van der Waals surface area contributed by atoms with E-state index >= 15 is 0 Å². The lowest BCUT2D eigenvalue weighted by Crippen LogP contribution is -2.51. The minimum Gasteiger partial charge on any atom is -0.457 e. The van der Waals surface area contributed by atoms with Crippen LogP contribution < -0.4 is 0 Å². The Balaban J connectivity index is 5.49. The minimum atomic E-state index is -1.90. The molecule has 19 heavy (non-hydrogen) atoms. The summed E-state index contributed by atoms with van der Waals surface area (Å²) in [5, 5.41) is 0. The maximum Gasteiger partial charge on any atom is 0.359 e. The van der Waals surface area contributed by atoms with Gasteiger partial charge in [-0.2, -0.15) is 0 Å². The molecule has 0 aliphatic carbocycles. The van der Waals surface area contributed by atoms with E-state index in [0.717, 1.165) is 6.92 Å². The average Bonchev–Trinajstić information content (AvgIpc) is 2.20.